The molecule has 0 aliphatic carbocycles. The second-order valence-corrected chi connectivity index (χ2v) is 8.81. The van der Waals surface area contributed by atoms with Crippen LogP contribution in [-0.4, -0.2) is 17.7 Å². The van der Waals surface area contributed by atoms with Gasteiger partial charge in [-0.2, -0.15) is 0 Å². The molecule has 4 nitrogen and oxygen atoms in total. The van der Waals surface area contributed by atoms with Gasteiger partial charge in [-0.3, -0.25) is 0 Å². The van der Waals surface area contributed by atoms with Gasteiger partial charge in [-0.15, -0.1) is 0 Å². The first-order valence-corrected chi connectivity index (χ1v) is 11.2. The molecule has 1 fully saturated rings. The molecular formula is C25H29ClNO3+. The highest BCUT2D eigenvalue weighted by Gasteiger charge is 2.28. The molecule has 3 aromatic rings. The summed E-state index contributed by atoms with van der Waals surface area (Å²) in [6.07, 6.45) is 5.22. The maximum absolute atomic E-state index is 12.9. The van der Waals surface area contributed by atoms with Gasteiger partial charge in [-0.05, 0) is 49.8 Å². The van der Waals surface area contributed by atoms with Gasteiger partial charge in [0.1, 0.15) is 12.3 Å². The van der Waals surface area contributed by atoms with Crippen LogP contribution in [0, 0.1) is 6.92 Å². The molecule has 1 aromatic heterocycles. The number of hydrogen-bond donors (Lipinski definition) is 2. The molecule has 1 aliphatic rings. The second kappa shape index (κ2) is 8.83. The van der Waals surface area contributed by atoms with Crippen molar-refractivity contribution in [3.05, 3.63) is 74.1 Å². The summed E-state index contributed by atoms with van der Waals surface area (Å²) in [5.41, 5.74) is 3.35. The number of phenols is 1. The van der Waals surface area contributed by atoms with Crippen LogP contribution in [0.4, 0.5) is 0 Å². The predicted octanol–water partition coefficient (Wildman–Crippen LogP) is 4.40. The number of nitrogens with one attached hydrogen (secondary N) is 1. The Morgan fingerprint density at radius 1 is 1.20 bits per heavy atom. The Morgan fingerprint density at radius 3 is 2.70 bits per heavy atom. The molecule has 0 spiro atoms. The van der Waals surface area contributed by atoms with E-state index in [4.69, 9.17) is 16.0 Å². The van der Waals surface area contributed by atoms with Gasteiger partial charge >= 0.3 is 5.63 Å². The van der Waals surface area contributed by atoms with Crippen molar-refractivity contribution in [3.8, 4) is 5.75 Å². The summed E-state index contributed by atoms with van der Waals surface area (Å²) in [6.45, 7) is 5.83. The smallest absolute Gasteiger partial charge is 0.340 e. The number of phenolic OH excluding ortho intramolecular Hbond substituents is 1. The standard InChI is InChI=1S/C25H28ClNO3/c1-3-18-11-7-8-12-27(18)15-21-23(28)22(26)14-19-16(2)20(25(29)30-24(19)21)13-17-9-5-4-6-10-17/h4-6,9-10,14,18,28H,3,7-8,11-13,15H2,1-2H3/p+1/t18-/m0/s1. The highest BCUT2D eigenvalue weighted by atomic mass is 35.5. The summed E-state index contributed by atoms with van der Waals surface area (Å²) < 4.78 is 5.84. The third-order valence-electron chi connectivity index (χ3n) is 6.60. The first-order chi connectivity index (χ1) is 14.5. The molecular weight excluding hydrogens is 398 g/mol. The van der Waals surface area contributed by atoms with Crippen molar-refractivity contribution in [2.45, 2.75) is 58.5 Å². The minimum absolute atomic E-state index is 0.0375. The van der Waals surface area contributed by atoms with E-state index < -0.39 is 0 Å². The van der Waals surface area contributed by atoms with Gasteiger partial charge in [-0.25, -0.2) is 4.79 Å². The van der Waals surface area contributed by atoms with Crippen LogP contribution in [0.1, 0.15) is 54.9 Å². The SMILES string of the molecule is CC[C@H]1CCCC[NH+]1Cc1c(O)c(Cl)cc2c(C)c(Cc3ccccc3)c(=O)oc12. The Kier molecular flexibility index (Phi) is 6.16. The number of halogens is 1. The molecule has 0 saturated carbocycles. The average Bonchev–Trinajstić information content (AvgIpc) is 2.76. The fourth-order valence-corrected chi connectivity index (χ4v) is 5.04. The van der Waals surface area contributed by atoms with Crippen LogP contribution >= 0.6 is 11.6 Å². The zero-order chi connectivity index (χ0) is 21.3. The van der Waals surface area contributed by atoms with E-state index in [-0.39, 0.29) is 11.4 Å². The molecule has 1 unspecified atom stereocenters. The van der Waals surface area contributed by atoms with E-state index in [0.29, 0.717) is 40.7 Å². The molecule has 1 saturated heterocycles. The van der Waals surface area contributed by atoms with Crippen molar-refractivity contribution in [3.63, 3.8) is 0 Å². The molecule has 2 N–H and O–H groups in total. The normalized spacial score (nSPS) is 19.3. The van der Waals surface area contributed by atoms with Gasteiger partial charge in [0.2, 0.25) is 0 Å². The average molecular weight is 427 g/mol. The van der Waals surface area contributed by atoms with E-state index in [1.807, 2.05) is 37.3 Å². The molecule has 0 radical (unpaired) electrons. The maximum atomic E-state index is 12.9. The summed E-state index contributed by atoms with van der Waals surface area (Å²) in [4.78, 5) is 14.4. The number of piperidine rings is 1. The number of hydrogen-bond acceptors (Lipinski definition) is 3. The van der Waals surface area contributed by atoms with Crippen LogP contribution in [0.15, 0.2) is 45.6 Å². The molecule has 2 heterocycles. The summed E-state index contributed by atoms with van der Waals surface area (Å²) >= 11 is 6.43. The second-order valence-electron chi connectivity index (χ2n) is 8.40. The Morgan fingerprint density at radius 2 is 1.97 bits per heavy atom. The quantitative estimate of drug-likeness (QED) is 0.594. The Bertz CT molecular complexity index is 1110. The zero-order valence-electron chi connectivity index (χ0n) is 17.6. The highest BCUT2D eigenvalue weighted by molar-refractivity contribution is 6.33. The lowest BCUT2D eigenvalue weighted by Gasteiger charge is -2.32. The van der Waals surface area contributed by atoms with Gasteiger partial charge in [0.15, 0.2) is 5.58 Å². The van der Waals surface area contributed by atoms with E-state index >= 15 is 0 Å². The van der Waals surface area contributed by atoms with Gasteiger partial charge in [0.05, 0.1) is 23.2 Å². The molecule has 5 heteroatoms. The number of aromatic hydroxyl groups is 1. The molecule has 0 bridgehead atoms. The van der Waals surface area contributed by atoms with E-state index in [0.717, 1.165) is 29.5 Å². The van der Waals surface area contributed by atoms with Crippen molar-refractivity contribution in [2.75, 3.05) is 6.54 Å². The Hall–Kier alpha value is -2.30. The van der Waals surface area contributed by atoms with Crippen LogP contribution in [0.2, 0.25) is 5.02 Å². The van der Waals surface area contributed by atoms with Crippen molar-refractivity contribution >= 4 is 22.6 Å². The lowest BCUT2D eigenvalue weighted by Crippen LogP contribution is -3.15. The highest BCUT2D eigenvalue weighted by Crippen LogP contribution is 2.36. The fraction of sp³-hybridized carbons (Fsp3) is 0.400. The van der Waals surface area contributed by atoms with Crippen LogP contribution in [0.25, 0.3) is 11.0 Å². The lowest BCUT2D eigenvalue weighted by atomic mass is 9.96. The molecule has 158 valence electrons. The zero-order valence-corrected chi connectivity index (χ0v) is 18.4. The van der Waals surface area contributed by atoms with Gasteiger partial charge in [0.25, 0.3) is 0 Å². The largest absolute Gasteiger partial charge is 0.506 e. The van der Waals surface area contributed by atoms with Crippen molar-refractivity contribution < 1.29 is 14.4 Å². The molecule has 2 aromatic carbocycles. The van der Waals surface area contributed by atoms with Crippen LogP contribution in [0.5, 0.6) is 5.75 Å². The van der Waals surface area contributed by atoms with Crippen molar-refractivity contribution in [1.82, 2.24) is 0 Å². The minimum Gasteiger partial charge on any atom is -0.506 e. The van der Waals surface area contributed by atoms with Gasteiger partial charge in [-0.1, -0.05) is 48.9 Å². The van der Waals surface area contributed by atoms with Crippen LogP contribution in [-0.2, 0) is 13.0 Å². The first kappa shape index (κ1) is 21.0. The maximum Gasteiger partial charge on any atom is 0.340 e. The number of quaternary nitrogens is 1. The summed E-state index contributed by atoms with van der Waals surface area (Å²) in [5, 5.41) is 11.9. The Labute approximate surface area is 182 Å². The summed E-state index contributed by atoms with van der Waals surface area (Å²) in [5.74, 6) is 0.0375. The molecule has 2 atom stereocenters. The summed E-state index contributed by atoms with van der Waals surface area (Å²) in [7, 11) is 0. The van der Waals surface area contributed by atoms with Crippen molar-refractivity contribution in [1.29, 1.82) is 0 Å². The first-order valence-electron chi connectivity index (χ1n) is 10.8. The van der Waals surface area contributed by atoms with E-state index in [1.165, 1.54) is 24.2 Å². The predicted molar refractivity (Wildman–Crippen MR) is 121 cm³/mol. The van der Waals surface area contributed by atoms with E-state index in [1.54, 1.807) is 6.07 Å². The van der Waals surface area contributed by atoms with E-state index in [2.05, 4.69) is 6.92 Å². The fourth-order valence-electron chi connectivity index (χ4n) is 4.81. The molecule has 30 heavy (non-hydrogen) atoms. The number of rotatable bonds is 5. The molecule has 4 rings (SSSR count). The number of benzene rings is 2. The van der Waals surface area contributed by atoms with Gasteiger partial charge in [0, 0.05) is 17.4 Å². The third kappa shape index (κ3) is 3.99. The van der Waals surface area contributed by atoms with E-state index in [9.17, 15) is 9.90 Å². The number of fused-ring (bicyclic) bond motifs is 1. The summed E-state index contributed by atoms with van der Waals surface area (Å²) in [6, 6.07) is 12.2. The molecule has 1 aliphatic heterocycles. The minimum atomic E-state index is -0.340. The Balaban J connectivity index is 1.81. The molecule has 0 amide bonds. The topological polar surface area (TPSA) is 54.9 Å². The van der Waals surface area contributed by atoms with Crippen LogP contribution in [0.3, 0.4) is 0 Å². The third-order valence-corrected chi connectivity index (χ3v) is 6.89. The monoisotopic (exact) mass is 426 g/mol. The lowest BCUT2D eigenvalue weighted by molar-refractivity contribution is -0.944. The van der Waals surface area contributed by atoms with Gasteiger partial charge < -0.3 is 14.4 Å². The number of aryl methyl sites for hydroxylation is 1. The number of likely N-dealkylation sites (tertiary alicyclic amines) is 1. The van der Waals surface area contributed by atoms with Crippen molar-refractivity contribution in [2.24, 2.45) is 0 Å². The van der Waals surface area contributed by atoms with Crippen LogP contribution < -0.4 is 10.5 Å².